The monoisotopic (exact) mass is 339 g/mol. The number of aryl methyl sites for hydroxylation is 2. The van der Waals surface area contributed by atoms with Crippen LogP contribution in [0, 0.1) is 13.8 Å². The Labute approximate surface area is 144 Å². The second kappa shape index (κ2) is 7.27. The number of anilines is 1. The molecule has 0 aliphatic heterocycles. The van der Waals surface area contributed by atoms with E-state index in [1.165, 1.54) is 11.8 Å². The van der Waals surface area contributed by atoms with Gasteiger partial charge < -0.3 is 5.32 Å². The predicted molar refractivity (Wildman–Crippen MR) is 94.4 cm³/mol. The third-order valence-electron chi connectivity index (χ3n) is 3.28. The number of carbonyl (C=O) groups is 1. The molecule has 0 atom stereocenters. The molecule has 3 aromatic rings. The number of amides is 1. The molecule has 0 radical (unpaired) electrons. The van der Waals surface area contributed by atoms with Crippen molar-refractivity contribution >= 4 is 23.4 Å². The van der Waals surface area contributed by atoms with Crippen molar-refractivity contribution in [3.05, 3.63) is 60.3 Å². The van der Waals surface area contributed by atoms with Gasteiger partial charge in [0.15, 0.2) is 5.82 Å². The molecule has 0 saturated carbocycles. The van der Waals surface area contributed by atoms with Crippen molar-refractivity contribution in [2.75, 3.05) is 11.1 Å². The summed E-state index contributed by atoms with van der Waals surface area (Å²) in [6.07, 6.45) is 5.06. The van der Waals surface area contributed by atoms with Crippen LogP contribution in [0.25, 0.3) is 5.82 Å². The third-order valence-corrected chi connectivity index (χ3v) is 4.29. The minimum absolute atomic E-state index is 0.0718. The summed E-state index contributed by atoms with van der Waals surface area (Å²) in [5.74, 6) is 0.991. The van der Waals surface area contributed by atoms with Crippen molar-refractivity contribution in [1.29, 1.82) is 0 Å². The van der Waals surface area contributed by atoms with Crippen LogP contribution < -0.4 is 5.32 Å². The molecule has 1 amide bonds. The largest absolute Gasteiger partial charge is 0.324 e. The number of rotatable bonds is 5. The summed E-state index contributed by atoms with van der Waals surface area (Å²) in [7, 11) is 0. The first-order valence-electron chi connectivity index (χ1n) is 7.44. The molecule has 0 aliphatic carbocycles. The fourth-order valence-corrected chi connectivity index (χ4v) is 2.91. The summed E-state index contributed by atoms with van der Waals surface area (Å²) in [6.45, 7) is 3.92. The molecule has 0 saturated heterocycles. The van der Waals surface area contributed by atoms with Gasteiger partial charge >= 0.3 is 0 Å². The Bertz CT molecular complexity index is 830. The van der Waals surface area contributed by atoms with E-state index < -0.39 is 0 Å². The van der Waals surface area contributed by atoms with Gasteiger partial charge in [-0.15, -0.1) is 11.8 Å². The zero-order valence-electron chi connectivity index (χ0n) is 13.4. The summed E-state index contributed by atoms with van der Waals surface area (Å²) in [5, 5.41) is 7.24. The molecule has 0 aliphatic rings. The zero-order chi connectivity index (χ0) is 16.9. The molecule has 0 aromatic carbocycles. The Hall–Kier alpha value is -2.67. The molecular weight excluding hydrogens is 322 g/mol. The third kappa shape index (κ3) is 3.99. The minimum Gasteiger partial charge on any atom is -0.324 e. The summed E-state index contributed by atoms with van der Waals surface area (Å²) in [6, 6.07) is 9.41. The van der Waals surface area contributed by atoms with Crippen molar-refractivity contribution in [2.24, 2.45) is 0 Å². The lowest BCUT2D eigenvalue weighted by Crippen LogP contribution is -2.14. The van der Waals surface area contributed by atoms with Gasteiger partial charge in [-0.25, -0.2) is 9.67 Å². The van der Waals surface area contributed by atoms with Crippen LogP contribution in [0.4, 0.5) is 5.69 Å². The van der Waals surface area contributed by atoms with Crippen molar-refractivity contribution < 1.29 is 4.79 Å². The lowest BCUT2D eigenvalue weighted by Gasteiger charge is -2.07. The van der Waals surface area contributed by atoms with E-state index in [4.69, 9.17) is 0 Å². The van der Waals surface area contributed by atoms with Gasteiger partial charge in [0.05, 0.1) is 23.3 Å². The van der Waals surface area contributed by atoms with Gasteiger partial charge in [0.1, 0.15) is 0 Å². The van der Waals surface area contributed by atoms with E-state index in [2.05, 4.69) is 20.4 Å². The molecule has 24 heavy (non-hydrogen) atoms. The average molecular weight is 339 g/mol. The standard InChI is InChI=1S/C17H17N5OS/c1-12-9-13(2)22(21-12)16-4-3-14(10-19-16)20-17(23)11-24-15-5-7-18-8-6-15/h3-10H,11H2,1-2H3,(H,20,23). The van der Waals surface area contributed by atoms with Gasteiger partial charge in [-0.05, 0) is 44.2 Å². The van der Waals surface area contributed by atoms with E-state index in [-0.39, 0.29) is 5.91 Å². The van der Waals surface area contributed by atoms with Crippen LogP contribution in [0.15, 0.2) is 53.8 Å². The first-order chi connectivity index (χ1) is 11.6. The van der Waals surface area contributed by atoms with Gasteiger partial charge in [0.25, 0.3) is 0 Å². The summed E-state index contributed by atoms with van der Waals surface area (Å²) in [5.41, 5.74) is 2.63. The first-order valence-corrected chi connectivity index (χ1v) is 8.43. The van der Waals surface area contributed by atoms with E-state index in [1.54, 1.807) is 23.3 Å². The highest BCUT2D eigenvalue weighted by molar-refractivity contribution is 8.00. The topological polar surface area (TPSA) is 72.7 Å². The molecule has 0 bridgehead atoms. The van der Waals surface area contributed by atoms with Gasteiger partial charge in [0.2, 0.25) is 5.91 Å². The van der Waals surface area contributed by atoms with E-state index in [0.29, 0.717) is 11.4 Å². The summed E-state index contributed by atoms with van der Waals surface area (Å²) >= 11 is 1.47. The SMILES string of the molecule is Cc1cc(C)n(-c2ccc(NC(=O)CSc3ccncc3)cn2)n1. The van der Waals surface area contributed by atoms with Gasteiger partial charge in [0, 0.05) is 23.0 Å². The smallest absolute Gasteiger partial charge is 0.234 e. The maximum absolute atomic E-state index is 12.0. The number of nitrogens with zero attached hydrogens (tertiary/aromatic N) is 4. The Morgan fingerprint density at radius 1 is 1.21 bits per heavy atom. The van der Waals surface area contributed by atoms with E-state index >= 15 is 0 Å². The van der Waals surface area contributed by atoms with Crippen molar-refractivity contribution in [1.82, 2.24) is 19.7 Å². The number of hydrogen-bond acceptors (Lipinski definition) is 5. The number of thioether (sulfide) groups is 1. The molecule has 3 aromatic heterocycles. The molecule has 7 heteroatoms. The lowest BCUT2D eigenvalue weighted by molar-refractivity contribution is -0.113. The Balaban J connectivity index is 1.60. The number of nitrogens with one attached hydrogen (secondary N) is 1. The highest BCUT2D eigenvalue weighted by Gasteiger charge is 2.07. The maximum Gasteiger partial charge on any atom is 0.234 e. The maximum atomic E-state index is 12.0. The van der Waals surface area contributed by atoms with Crippen LogP contribution in [0.5, 0.6) is 0 Å². The minimum atomic E-state index is -0.0718. The quantitative estimate of drug-likeness (QED) is 0.724. The lowest BCUT2D eigenvalue weighted by atomic mass is 10.4. The van der Waals surface area contributed by atoms with Gasteiger partial charge in [-0.1, -0.05) is 0 Å². The van der Waals surface area contributed by atoms with Crippen LogP contribution in [0.3, 0.4) is 0 Å². The van der Waals surface area contributed by atoms with Gasteiger partial charge in [-0.2, -0.15) is 5.10 Å². The first kappa shape index (κ1) is 16.2. The van der Waals surface area contributed by atoms with Crippen LogP contribution >= 0.6 is 11.8 Å². The molecular formula is C17H17N5OS. The Morgan fingerprint density at radius 2 is 2.00 bits per heavy atom. The second-order valence-corrected chi connectivity index (χ2v) is 6.31. The Morgan fingerprint density at radius 3 is 2.62 bits per heavy atom. The highest BCUT2D eigenvalue weighted by Crippen LogP contribution is 2.17. The van der Waals surface area contributed by atoms with Gasteiger partial charge in [-0.3, -0.25) is 9.78 Å². The summed E-state index contributed by atoms with van der Waals surface area (Å²) in [4.78, 5) is 21.3. The molecule has 6 nitrogen and oxygen atoms in total. The summed E-state index contributed by atoms with van der Waals surface area (Å²) < 4.78 is 1.78. The van der Waals surface area contributed by atoms with Crippen LogP contribution in [0.1, 0.15) is 11.4 Å². The number of carbonyl (C=O) groups excluding carboxylic acids is 1. The average Bonchev–Trinajstić information content (AvgIpc) is 2.93. The number of hydrogen-bond donors (Lipinski definition) is 1. The van der Waals surface area contributed by atoms with Crippen LogP contribution in [0.2, 0.25) is 0 Å². The normalized spacial score (nSPS) is 10.6. The molecule has 122 valence electrons. The van der Waals surface area contributed by atoms with Crippen LogP contribution in [-0.2, 0) is 4.79 Å². The van der Waals surface area contributed by atoms with Crippen molar-refractivity contribution in [2.45, 2.75) is 18.7 Å². The molecule has 3 rings (SSSR count). The van der Waals surface area contributed by atoms with E-state index in [0.717, 1.165) is 22.1 Å². The zero-order valence-corrected chi connectivity index (χ0v) is 14.2. The van der Waals surface area contributed by atoms with Crippen molar-refractivity contribution in [3.63, 3.8) is 0 Å². The molecule has 1 N–H and O–H groups in total. The van der Waals surface area contributed by atoms with Crippen LogP contribution in [-0.4, -0.2) is 31.4 Å². The molecule has 3 heterocycles. The fraction of sp³-hybridized carbons (Fsp3) is 0.176. The van der Waals surface area contributed by atoms with E-state index in [1.807, 2.05) is 44.2 Å². The highest BCUT2D eigenvalue weighted by atomic mass is 32.2. The van der Waals surface area contributed by atoms with E-state index in [9.17, 15) is 4.79 Å². The molecule has 0 unspecified atom stereocenters. The van der Waals surface area contributed by atoms with Crippen molar-refractivity contribution in [3.8, 4) is 5.82 Å². The fourth-order valence-electron chi connectivity index (χ4n) is 2.23. The second-order valence-electron chi connectivity index (χ2n) is 5.26. The molecule has 0 spiro atoms. The predicted octanol–water partition coefficient (Wildman–Crippen LogP) is 3.01. The number of pyridine rings is 2. The number of aromatic nitrogens is 4. The Kier molecular flexibility index (Phi) is 4.90. The molecule has 0 fully saturated rings.